The summed E-state index contributed by atoms with van der Waals surface area (Å²) in [6, 6.07) is 5.98. The van der Waals surface area contributed by atoms with Crippen LogP contribution in [0.3, 0.4) is 0 Å². The van der Waals surface area contributed by atoms with Crippen molar-refractivity contribution in [2.24, 2.45) is 0 Å². The molecular formula is C12H11N3O3. The van der Waals surface area contributed by atoms with E-state index >= 15 is 0 Å². The number of aromatic nitrogens is 2. The first-order chi connectivity index (χ1) is 8.65. The SMILES string of the molecule is CCn1cc(C=O)c(-c2ccc([N+](=O)[O-])cc2)n1. The highest BCUT2D eigenvalue weighted by molar-refractivity contribution is 5.85. The van der Waals surface area contributed by atoms with Crippen molar-refractivity contribution >= 4 is 12.0 Å². The Bertz CT molecular complexity index is 587. The number of carbonyl (C=O) groups is 1. The fourth-order valence-electron chi connectivity index (χ4n) is 1.65. The van der Waals surface area contributed by atoms with Crippen LogP contribution in [0.1, 0.15) is 17.3 Å². The third-order valence-corrected chi connectivity index (χ3v) is 2.59. The Labute approximate surface area is 103 Å². The summed E-state index contributed by atoms with van der Waals surface area (Å²) in [5.41, 5.74) is 1.73. The number of nitro groups is 1. The van der Waals surface area contributed by atoms with Crippen molar-refractivity contribution < 1.29 is 9.72 Å². The van der Waals surface area contributed by atoms with E-state index in [2.05, 4.69) is 5.10 Å². The molecule has 0 saturated heterocycles. The molecule has 0 amide bonds. The van der Waals surface area contributed by atoms with Crippen LogP contribution < -0.4 is 0 Å². The second kappa shape index (κ2) is 4.79. The molecule has 2 aromatic rings. The van der Waals surface area contributed by atoms with Crippen LogP contribution in [-0.4, -0.2) is 21.0 Å². The van der Waals surface area contributed by atoms with Crippen molar-refractivity contribution in [2.45, 2.75) is 13.5 Å². The lowest BCUT2D eigenvalue weighted by atomic mass is 10.1. The highest BCUT2D eigenvalue weighted by Gasteiger charge is 2.11. The van der Waals surface area contributed by atoms with E-state index in [1.54, 1.807) is 23.0 Å². The van der Waals surface area contributed by atoms with Crippen LogP contribution in [0, 0.1) is 10.1 Å². The Morgan fingerprint density at radius 2 is 2.06 bits per heavy atom. The van der Waals surface area contributed by atoms with E-state index < -0.39 is 4.92 Å². The van der Waals surface area contributed by atoms with Gasteiger partial charge >= 0.3 is 0 Å². The van der Waals surface area contributed by atoms with Gasteiger partial charge < -0.3 is 0 Å². The van der Waals surface area contributed by atoms with Crippen LogP contribution in [0.4, 0.5) is 5.69 Å². The van der Waals surface area contributed by atoms with E-state index in [0.717, 1.165) is 6.29 Å². The smallest absolute Gasteiger partial charge is 0.269 e. The van der Waals surface area contributed by atoms with Crippen LogP contribution in [-0.2, 0) is 6.54 Å². The molecule has 0 aliphatic heterocycles. The quantitative estimate of drug-likeness (QED) is 0.470. The number of benzene rings is 1. The summed E-state index contributed by atoms with van der Waals surface area (Å²) >= 11 is 0. The molecule has 0 saturated carbocycles. The number of rotatable bonds is 4. The zero-order valence-electron chi connectivity index (χ0n) is 9.74. The molecule has 2 rings (SSSR count). The van der Waals surface area contributed by atoms with Crippen molar-refractivity contribution in [1.82, 2.24) is 9.78 Å². The zero-order valence-corrected chi connectivity index (χ0v) is 9.74. The number of aldehydes is 1. The summed E-state index contributed by atoms with van der Waals surface area (Å²) in [5.74, 6) is 0. The topological polar surface area (TPSA) is 78.0 Å². The number of hydrogen-bond donors (Lipinski definition) is 0. The molecule has 1 heterocycles. The average molecular weight is 245 g/mol. The summed E-state index contributed by atoms with van der Waals surface area (Å²) in [6.07, 6.45) is 2.39. The van der Waals surface area contributed by atoms with Crippen molar-refractivity contribution in [3.8, 4) is 11.3 Å². The second-order valence-corrected chi connectivity index (χ2v) is 3.71. The molecule has 92 valence electrons. The molecule has 0 N–H and O–H groups in total. The highest BCUT2D eigenvalue weighted by atomic mass is 16.6. The van der Waals surface area contributed by atoms with Crippen molar-refractivity contribution in [3.05, 3.63) is 46.1 Å². The fourth-order valence-corrected chi connectivity index (χ4v) is 1.65. The lowest BCUT2D eigenvalue weighted by Gasteiger charge is -1.98. The van der Waals surface area contributed by atoms with Crippen LogP contribution >= 0.6 is 0 Å². The molecule has 0 bridgehead atoms. The van der Waals surface area contributed by atoms with Crippen molar-refractivity contribution in [2.75, 3.05) is 0 Å². The lowest BCUT2D eigenvalue weighted by molar-refractivity contribution is -0.384. The van der Waals surface area contributed by atoms with Crippen LogP contribution in [0.15, 0.2) is 30.5 Å². The molecule has 1 aromatic carbocycles. The average Bonchev–Trinajstić information content (AvgIpc) is 2.82. The number of aryl methyl sites for hydroxylation is 1. The molecule has 6 heteroatoms. The minimum absolute atomic E-state index is 0.0151. The molecular weight excluding hydrogens is 234 g/mol. The Morgan fingerprint density at radius 1 is 1.39 bits per heavy atom. The molecule has 6 nitrogen and oxygen atoms in total. The zero-order chi connectivity index (χ0) is 13.1. The van der Waals surface area contributed by atoms with E-state index in [4.69, 9.17) is 0 Å². The Hall–Kier alpha value is -2.50. The maximum atomic E-state index is 10.9. The fraction of sp³-hybridized carbons (Fsp3) is 0.167. The molecule has 0 aliphatic carbocycles. The van der Waals surface area contributed by atoms with Gasteiger partial charge in [-0.15, -0.1) is 0 Å². The van der Waals surface area contributed by atoms with E-state index in [9.17, 15) is 14.9 Å². The van der Waals surface area contributed by atoms with Crippen molar-refractivity contribution in [3.63, 3.8) is 0 Å². The largest absolute Gasteiger partial charge is 0.298 e. The van der Waals surface area contributed by atoms with Gasteiger partial charge in [0.05, 0.1) is 10.5 Å². The van der Waals surface area contributed by atoms with E-state index in [-0.39, 0.29) is 5.69 Å². The summed E-state index contributed by atoms with van der Waals surface area (Å²) in [7, 11) is 0. The molecule has 0 fully saturated rings. The predicted octanol–water partition coefficient (Wildman–Crippen LogP) is 2.29. The maximum Gasteiger partial charge on any atom is 0.269 e. The van der Waals surface area contributed by atoms with Gasteiger partial charge in [-0.05, 0) is 19.1 Å². The normalized spacial score (nSPS) is 10.3. The lowest BCUT2D eigenvalue weighted by Crippen LogP contribution is -1.94. The van der Waals surface area contributed by atoms with Gasteiger partial charge in [-0.2, -0.15) is 5.10 Å². The maximum absolute atomic E-state index is 10.9. The molecule has 0 unspecified atom stereocenters. The highest BCUT2D eigenvalue weighted by Crippen LogP contribution is 2.23. The van der Waals surface area contributed by atoms with Crippen molar-refractivity contribution in [1.29, 1.82) is 0 Å². The molecule has 1 aromatic heterocycles. The summed E-state index contributed by atoms with van der Waals surface area (Å²) in [6.45, 7) is 2.58. The first-order valence-electron chi connectivity index (χ1n) is 5.43. The van der Waals surface area contributed by atoms with Gasteiger partial charge in [-0.3, -0.25) is 19.6 Å². The van der Waals surface area contributed by atoms with Crippen LogP contribution in [0.2, 0.25) is 0 Å². The van der Waals surface area contributed by atoms with Gasteiger partial charge in [0.1, 0.15) is 5.69 Å². The minimum Gasteiger partial charge on any atom is -0.298 e. The Morgan fingerprint density at radius 3 is 2.56 bits per heavy atom. The molecule has 0 radical (unpaired) electrons. The van der Waals surface area contributed by atoms with E-state index in [1.807, 2.05) is 6.92 Å². The molecule has 0 spiro atoms. The number of carbonyl (C=O) groups excluding carboxylic acids is 1. The molecule has 18 heavy (non-hydrogen) atoms. The van der Waals surface area contributed by atoms with Crippen LogP contribution in [0.25, 0.3) is 11.3 Å². The van der Waals surface area contributed by atoms with Gasteiger partial charge in [0.15, 0.2) is 6.29 Å². The first-order valence-corrected chi connectivity index (χ1v) is 5.43. The standard InChI is InChI=1S/C12H11N3O3/c1-2-14-7-10(8-16)12(13-14)9-3-5-11(6-4-9)15(17)18/h3-8H,2H2,1H3. The van der Waals surface area contributed by atoms with Crippen LogP contribution in [0.5, 0.6) is 0 Å². The molecule has 0 atom stereocenters. The minimum atomic E-state index is -0.463. The van der Waals surface area contributed by atoms with E-state index in [0.29, 0.717) is 23.4 Å². The Kier molecular flexibility index (Phi) is 3.18. The second-order valence-electron chi connectivity index (χ2n) is 3.71. The van der Waals surface area contributed by atoms with Gasteiger partial charge in [0.25, 0.3) is 5.69 Å². The number of non-ortho nitro benzene ring substituents is 1. The summed E-state index contributed by atoms with van der Waals surface area (Å²) in [4.78, 5) is 21.0. The van der Waals surface area contributed by atoms with Gasteiger partial charge in [-0.1, -0.05) is 0 Å². The third kappa shape index (κ3) is 2.13. The summed E-state index contributed by atoms with van der Waals surface area (Å²) in [5, 5.41) is 14.8. The first kappa shape index (κ1) is 12.0. The Balaban J connectivity index is 2.44. The monoisotopic (exact) mass is 245 g/mol. The number of hydrogen-bond acceptors (Lipinski definition) is 4. The van der Waals surface area contributed by atoms with Gasteiger partial charge in [0.2, 0.25) is 0 Å². The predicted molar refractivity (Wildman–Crippen MR) is 65.4 cm³/mol. The van der Waals surface area contributed by atoms with Gasteiger partial charge in [0, 0.05) is 30.4 Å². The summed E-state index contributed by atoms with van der Waals surface area (Å²) < 4.78 is 1.65. The van der Waals surface area contributed by atoms with E-state index in [1.165, 1.54) is 12.1 Å². The third-order valence-electron chi connectivity index (χ3n) is 2.59. The number of nitrogens with zero attached hydrogens (tertiary/aromatic N) is 3. The molecule has 0 aliphatic rings. The number of nitro benzene ring substituents is 1. The van der Waals surface area contributed by atoms with Gasteiger partial charge in [-0.25, -0.2) is 0 Å².